The number of benzene rings is 2. The van der Waals surface area contributed by atoms with Crippen molar-refractivity contribution in [1.29, 1.82) is 0 Å². The molecule has 2 N–H and O–H groups in total. The van der Waals surface area contributed by atoms with E-state index in [1.54, 1.807) is 0 Å². The first-order valence-electron chi connectivity index (χ1n) is 7.36. The monoisotopic (exact) mass is 348 g/mol. The minimum Gasteiger partial charge on any atom is -0.376 e. The van der Waals surface area contributed by atoms with Crippen LogP contribution in [0.1, 0.15) is 26.7 Å². The maximum absolute atomic E-state index is 12.0. The van der Waals surface area contributed by atoms with Gasteiger partial charge in [-0.25, -0.2) is 0 Å². The number of amides is 1. The number of fused-ring (bicyclic) bond motifs is 1. The molecule has 0 aliphatic carbocycles. The Bertz CT molecular complexity index is 623. The topological polar surface area (TPSA) is 41.1 Å². The fraction of sp³-hybridized carbons (Fsp3) is 0.353. The smallest absolute Gasteiger partial charge is 0.239 e. The van der Waals surface area contributed by atoms with E-state index >= 15 is 0 Å². The van der Waals surface area contributed by atoms with Gasteiger partial charge in [0.25, 0.3) is 0 Å². The molecular formula is C17H21BrN2O. The van der Waals surface area contributed by atoms with Crippen molar-refractivity contribution in [2.24, 2.45) is 0 Å². The lowest BCUT2D eigenvalue weighted by Gasteiger charge is -2.16. The van der Waals surface area contributed by atoms with Crippen LogP contribution in [-0.2, 0) is 4.79 Å². The number of halogens is 1. The lowest BCUT2D eigenvalue weighted by molar-refractivity contribution is -0.120. The van der Waals surface area contributed by atoms with Gasteiger partial charge < -0.3 is 10.6 Å². The van der Waals surface area contributed by atoms with Crippen LogP contribution in [0, 0.1) is 0 Å². The van der Waals surface area contributed by atoms with Gasteiger partial charge in [-0.05, 0) is 30.4 Å². The second-order valence-electron chi connectivity index (χ2n) is 5.08. The Hall–Kier alpha value is -1.55. The molecule has 0 heterocycles. The maximum Gasteiger partial charge on any atom is 0.239 e. The number of rotatable bonds is 6. The van der Waals surface area contributed by atoms with Gasteiger partial charge in [0, 0.05) is 21.6 Å². The van der Waals surface area contributed by atoms with Gasteiger partial charge in [0.05, 0.1) is 6.54 Å². The van der Waals surface area contributed by atoms with E-state index in [0.29, 0.717) is 6.54 Å². The Morgan fingerprint density at radius 2 is 1.76 bits per heavy atom. The molecule has 0 fully saturated rings. The summed E-state index contributed by atoms with van der Waals surface area (Å²) < 4.78 is 1.06. The van der Waals surface area contributed by atoms with Crippen LogP contribution in [0.5, 0.6) is 0 Å². The second kappa shape index (κ2) is 7.46. The van der Waals surface area contributed by atoms with Crippen molar-refractivity contribution in [3.63, 3.8) is 0 Å². The highest BCUT2D eigenvalue weighted by molar-refractivity contribution is 9.10. The summed E-state index contributed by atoms with van der Waals surface area (Å²) in [4.78, 5) is 12.0. The Morgan fingerprint density at radius 3 is 2.43 bits per heavy atom. The maximum atomic E-state index is 12.0. The fourth-order valence-corrected chi connectivity index (χ4v) is 2.84. The first-order chi connectivity index (χ1) is 10.2. The van der Waals surface area contributed by atoms with Crippen molar-refractivity contribution < 1.29 is 4.79 Å². The van der Waals surface area contributed by atoms with Crippen molar-refractivity contribution >= 4 is 38.3 Å². The zero-order valence-corrected chi connectivity index (χ0v) is 14.0. The Kier molecular flexibility index (Phi) is 5.62. The first-order valence-corrected chi connectivity index (χ1v) is 8.15. The van der Waals surface area contributed by atoms with E-state index in [1.807, 2.05) is 24.3 Å². The third-order valence-electron chi connectivity index (χ3n) is 3.66. The average Bonchev–Trinajstić information content (AvgIpc) is 2.52. The van der Waals surface area contributed by atoms with Crippen molar-refractivity contribution in [3.8, 4) is 0 Å². The van der Waals surface area contributed by atoms with E-state index in [-0.39, 0.29) is 11.9 Å². The highest BCUT2D eigenvalue weighted by Crippen LogP contribution is 2.29. The molecule has 0 spiro atoms. The minimum absolute atomic E-state index is 0.0377. The first kappa shape index (κ1) is 15.8. The molecule has 0 bridgehead atoms. The fourth-order valence-electron chi connectivity index (χ4n) is 2.36. The molecule has 0 saturated heterocycles. The molecule has 21 heavy (non-hydrogen) atoms. The SMILES string of the molecule is CCC(CC)NC(=O)CNc1ccc(Br)c2ccccc12. The van der Waals surface area contributed by atoms with Gasteiger partial charge in [-0.3, -0.25) is 4.79 Å². The van der Waals surface area contributed by atoms with Crippen LogP contribution in [0.4, 0.5) is 5.69 Å². The molecule has 2 rings (SSSR count). The van der Waals surface area contributed by atoms with E-state index in [9.17, 15) is 4.79 Å². The largest absolute Gasteiger partial charge is 0.376 e. The second-order valence-corrected chi connectivity index (χ2v) is 5.93. The van der Waals surface area contributed by atoms with Crippen LogP contribution >= 0.6 is 15.9 Å². The number of anilines is 1. The summed E-state index contributed by atoms with van der Waals surface area (Å²) in [5.41, 5.74) is 0.980. The van der Waals surface area contributed by atoms with Crippen LogP contribution in [0.2, 0.25) is 0 Å². The van der Waals surface area contributed by atoms with E-state index in [0.717, 1.165) is 33.8 Å². The normalized spacial score (nSPS) is 10.9. The molecule has 2 aromatic carbocycles. The summed E-state index contributed by atoms with van der Waals surface area (Å²) in [6.45, 7) is 4.47. The van der Waals surface area contributed by atoms with Crippen LogP contribution in [-0.4, -0.2) is 18.5 Å². The van der Waals surface area contributed by atoms with Gasteiger partial charge in [-0.2, -0.15) is 0 Å². The van der Waals surface area contributed by atoms with Crippen LogP contribution in [0.25, 0.3) is 10.8 Å². The zero-order chi connectivity index (χ0) is 15.2. The van der Waals surface area contributed by atoms with Gasteiger partial charge in [-0.1, -0.05) is 54.0 Å². The molecule has 0 aromatic heterocycles. The molecule has 2 aromatic rings. The van der Waals surface area contributed by atoms with Crippen molar-refractivity contribution in [2.75, 3.05) is 11.9 Å². The third kappa shape index (κ3) is 3.97. The predicted octanol–water partition coefficient (Wildman–Crippen LogP) is 4.32. The van der Waals surface area contributed by atoms with Crippen LogP contribution < -0.4 is 10.6 Å². The lowest BCUT2D eigenvalue weighted by Crippen LogP contribution is -2.37. The number of nitrogens with one attached hydrogen (secondary N) is 2. The summed E-state index contributed by atoms with van der Waals surface area (Å²) in [7, 11) is 0. The number of hydrogen-bond acceptors (Lipinski definition) is 2. The molecule has 0 atom stereocenters. The number of carbonyl (C=O) groups excluding carboxylic acids is 1. The summed E-state index contributed by atoms with van der Waals surface area (Å²) in [5, 5.41) is 8.53. The van der Waals surface area contributed by atoms with Crippen molar-refractivity contribution in [2.45, 2.75) is 32.7 Å². The van der Waals surface area contributed by atoms with E-state index < -0.39 is 0 Å². The van der Waals surface area contributed by atoms with Gasteiger partial charge in [0.15, 0.2) is 0 Å². The molecule has 0 aliphatic heterocycles. The average molecular weight is 349 g/mol. The van der Waals surface area contributed by atoms with Crippen LogP contribution in [0.15, 0.2) is 40.9 Å². The van der Waals surface area contributed by atoms with E-state index in [2.05, 4.69) is 52.5 Å². The van der Waals surface area contributed by atoms with Gasteiger partial charge in [-0.15, -0.1) is 0 Å². The third-order valence-corrected chi connectivity index (χ3v) is 4.35. The summed E-state index contributed by atoms with van der Waals surface area (Å²) in [6.07, 6.45) is 1.92. The lowest BCUT2D eigenvalue weighted by atomic mass is 10.1. The molecular weight excluding hydrogens is 328 g/mol. The Balaban J connectivity index is 2.07. The predicted molar refractivity (Wildman–Crippen MR) is 92.7 cm³/mol. The molecule has 0 saturated carbocycles. The minimum atomic E-state index is 0.0377. The number of hydrogen-bond donors (Lipinski definition) is 2. The summed E-state index contributed by atoms with van der Waals surface area (Å²) in [6, 6.07) is 12.4. The quantitative estimate of drug-likeness (QED) is 0.816. The van der Waals surface area contributed by atoms with E-state index in [1.165, 1.54) is 0 Å². The Morgan fingerprint density at radius 1 is 1.10 bits per heavy atom. The molecule has 1 amide bonds. The van der Waals surface area contributed by atoms with Crippen molar-refractivity contribution in [1.82, 2.24) is 5.32 Å². The van der Waals surface area contributed by atoms with Gasteiger partial charge in [0.1, 0.15) is 0 Å². The van der Waals surface area contributed by atoms with Crippen molar-refractivity contribution in [3.05, 3.63) is 40.9 Å². The zero-order valence-electron chi connectivity index (χ0n) is 12.4. The highest BCUT2D eigenvalue weighted by atomic mass is 79.9. The van der Waals surface area contributed by atoms with E-state index in [4.69, 9.17) is 0 Å². The highest BCUT2D eigenvalue weighted by Gasteiger charge is 2.09. The molecule has 4 heteroatoms. The molecule has 112 valence electrons. The Labute approximate surface area is 134 Å². The molecule has 3 nitrogen and oxygen atoms in total. The standard InChI is InChI=1S/C17H21BrN2O/c1-3-12(4-2)20-17(21)11-19-16-10-9-15(18)13-7-5-6-8-14(13)16/h5-10,12,19H,3-4,11H2,1-2H3,(H,20,21). The van der Waals surface area contributed by atoms with Gasteiger partial charge >= 0.3 is 0 Å². The summed E-state index contributed by atoms with van der Waals surface area (Å²) >= 11 is 3.56. The number of carbonyl (C=O) groups is 1. The van der Waals surface area contributed by atoms with Gasteiger partial charge in [0.2, 0.25) is 5.91 Å². The molecule has 0 radical (unpaired) electrons. The summed E-state index contributed by atoms with van der Waals surface area (Å²) in [5.74, 6) is 0.0377. The molecule has 0 unspecified atom stereocenters. The molecule has 0 aliphatic rings. The van der Waals surface area contributed by atoms with Crippen LogP contribution in [0.3, 0.4) is 0 Å².